The van der Waals surface area contributed by atoms with E-state index in [2.05, 4.69) is 19.2 Å². The molecule has 1 heterocycles. The van der Waals surface area contributed by atoms with Crippen molar-refractivity contribution in [3.05, 3.63) is 0 Å². The quantitative estimate of drug-likeness (QED) is 0.703. The molecule has 2 aliphatic rings. The molecule has 0 amide bonds. The first-order chi connectivity index (χ1) is 6.27. The Morgan fingerprint density at radius 2 is 2.00 bits per heavy atom. The second-order valence-electron chi connectivity index (χ2n) is 5.27. The highest BCUT2D eigenvalue weighted by Gasteiger charge is 2.34. The summed E-state index contributed by atoms with van der Waals surface area (Å²) < 4.78 is 0. The van der Waals surface area contributed by atoms with Crippen LogP contribution in [-0.2, 0) is 0 Å². The van der Waals surface area contributed by atoms with Gasteiger partial charge in [-0.15, -0.1) is 0 Å². The van der Waals surface area contributed by atoms with Crippen LogP contribution in [0.1, 0.15) is 46.0 Å². The van der Waals surface area contributed by atoms with Gasteiger partial charge in [-0.25, -0.2) is 0 Å². The van der Waals surface area contributed by atoms with Gasteiger partial charge in [0, 0.05) is 6.04 Å². The third-order valence-corrected chi connectivity index (χ3v) is 3.80. The Morgan fingerprint density at radius 1 is 1.23 bits per heavy atom. The molecule has 2 atom stereocenters. The minimum Gasteiger partial charge on any atom is -0.314 e. The van der Waals surface area contributed by atoms with Crippen LogP contribution in [0.5, 0.6) is 0 Å². The van der Waals surface area contributed by atoms with Crippen LogP contribution >= 0.6 is 0 Å². The van der Waals surface area contributed by atoms with E-state index < -0.39 is 0 Å². The predicted octanol–water partition coefficient (Wildman–Crippen LogP) is 2.81. The van der Waals surface area contributed by atoms with E-state index in [1.165, 1.54) is 38.6 Å². The molecule has 1 aliphatic heterocycles. The third kappa shape index (κ3) is 2.46. The number of hydrogen-bond acceptors (Lipinski definition) is 1. The van der Waals surface area contributed by atoms with Crippen LogP contribution in [0, 0.1) is 17.8 Å². The third-order valence-electron chi connectivity index (χ3n) is 3.80. The molecule has 0 spiro atoms. The van der Waals surface area contributed by atoms with E-state index in [4.69, 9.17) is 0 Å². The van der Waals surface area contributed by atoms with Crippen LogP contribution in [0.4, 0.5) is 0 Å². The Kier molecular flexibility index (Phi) is 2.92. The van der Waals surface area contributed by atoms with Crippen molar-refractivity contribution < 1.29 is 0 Å². The Bertz CT molecular complexity index is 153. The van der Waals surface area contributed by atoms with Crippen molar-refractivity contribution in [2.24, 2.45) is 17.8 Å². The first-order valence-electron chi connectivity index (χ1n) is 6.00. The molecule has 1 nitrogen and oxygen atoms in total. The summed E-state index contributed by atoms with van der Waals surface area (Å²) in [7, 11) is 0. The SMILES string of the molecule is CC(C)C(CC1CCCN1)C1CC1. The maximum atomic E-state index is 3.62. The second-order valence-corrected chi connectivity index (χ2v) is 5.27. The highest BCUT2D eigenvalue weighted by Crippen LogP contribution is 2.43. The molecule has 0 bridgehead atoms. The van der Waals surface area contributed by atoms with Gasteiger partial charge in [0.25, 0.3) is 0 Å². The van der Waals surface area contributed by atoms with Crippen molar-refractivity contribution >= 4 is 0 Å². The zero-order valence-corrected chi connectivity index (χ0v) is 9.05. The molecule has 2 fully saturated rings. The normalized spacial score (nSPS) is 31.2. The summed E-state index contributed by atoms with van der Waals surface area (Å²) in [6.45, 7) is 6.07. The number of rotatable bonds is 4. The van der Waals surface area contributed by atoms with E-state index in [0.717, 1.165) is 23.8 Å². The summed E-state index contributed by atoms with van der Waals surface area (Å²) in [6.07, 6.45) is 7.30. The van der Waals surface area contributed by atoms with Gasteiger partial charge in [-0.3, -0.25) is 0 Å². The molecule has 2 unspecified atom stereocenters. The summed E-state index contributed by atoms with van der Waals surface area (Å²) in [5.74, 6) is 2.99. The topological polar surface area (TPSA) is 12.0 Å². The van der Waals surface area contributed by atoms with Crippen LogP contribution in [0.3, 0.4) is 0 Å². The Labute approximate surface area is 82.3 Å². The van der Waals surface area contributed by atoms with E-state index >= 15 is 0 Å². The van der Waals surface area contributed by atoms with Gasteiger partial charge in [-0.05, 0) is 56.4 Å². The average molecular weight is 181 g/mol. The lowest BCUT2D eigenvalue weighted by Crippen LogP contribution is -2.27. The molecular weight excluding hydrogens is 158 g/mol. The van der Waals surface area contributed by atoms with Crippen LogP contribution in [0.15, 0.2) is 0 Å². The van der Waals surface area contributed by atoms with Crippen LogP contribution in [-0.4, -0.2) is 12.6 Å². The van der Waals surface area contributed by atoms with E-state index in [1.54, 1.807) is 0 Å². The van der Waals surface area contributed by atoms with E-state index in [1.807, 2.05) is 0 Å². The van der Waals surface area contributed by atoms with Gasteiger partial charge >= 0.3 is 0 Å². The van der Waals surface area contributed by atoms with E-state index in [9.17, 15) is 0 Å². The summed E-state index contributed by atoms with van der Waals surface area (Å²) in [5, 5.41) is 3.62. The van der Waals surface area contributed by atoms with Gasteiger partial charge in [0.15, 0.2) is 0 Å². The Hall–Kier alpha value is -0.0400. The van der Waals surface area contributed by atoms with Crippen LogP contribution in [0.2, 0.25) is 0 Å². The van der Waals surface area contributed by atoms with Crippen molar-refractivity contribution in [1.29, 1.82) is 0 Å². The largest absolute Gasteiger partial charge is 0.314 e. The molecule has 2 rings (SSSR count). The zero-order valence-electron chi connectivity index (χ0n) is 9.05. The number of hydrogen-bond donors (Lipinski definition) is 1. The molecular formula is C12H23N. The predicted molar refractivity (Wildman–Crippen MR) is 56.7 cm³/mol. The minimum absolute atomic E-state index is 0.855. The fourth-order valence-corrected chi connectivity index (χ4v) is 2.82. The molecule has 0 aromatic heterocycles. The van der Waals surface area contributed by atoms with Gasteiger partial charge in [0.2, 0.25) is 0 Å². The smallest absolute Gasteiger partial charge is 0.00703 e. The van der Waals surface area contributed by atoms with Crippen molar-refractivity contribution in [2.45, 2.75) is 52.0 Å². The summed E-state index contributed by atoms with van der Waals surface area (Å²) in [6, 6.07) is 0.855. The maximum Gasteiger partial charge on any atom is 0.00703 e. The standard InChI is InChI=1S/C12H23N/c1-9(2)12(10-5-6-10)8-11-4-3-7-13-11/h9-13H,3-8H2,1-2H3. The molecule has 1 saturated carbocycles. The lowest BCUT2D eigenvalue weighted by atomic mass is 9.85. The Morgan fingerprint density at radius 3 is 2.46 bits per heavy atom. The number of nitrogens with one attached hydrogen (secondary N) is 1. The molecule has 0 aromatic rings. The second kappa shape index (κ2) is 4.00. The molecule has 0 radical (unpaired) electrons. The summed E-state index contributed by atoms with van der Waals surface area (Å²) in [4.78, 5) is 0. The lowest BCUT2D eigenvalue weighted by Gasteiger charge is -2.23. The van der Waals surface area contributed by atoms with Crippen molar-refractivity contribution in [1.82, 2.24) is 5.32 Å². The first kappa shape index (κ1) is 9.51. The minimum atomic E-state index is 0.855. The molecule has 1 N–H and O–H groups in total. The van der Waals surface area contributed by atoms with Crippen LogP contribution in [0.25, 0.3) is 0 Å². The molecule has 13 heavy (non-hydrogen) atoms. The first-order valence-corrected chi connectivity index (χ1v) is 6.00. The highest BCUT2D eigenvalue weighted by atomic mass is 14.9. The van der Waals surface area contributed by atoms with Gasteiger partial charge < -0.3 is 5.32 Å². The van der Waals surface area contributed by atoms with E-state index in [0.29, 0.717) is 0 Å². The van der Waals surface area contributed by atoms with Crippen molar-refractivity contribution in [3.63, 3.8) is 0 Å². The van der Waals surface area contributed by atoms with Gasteiger partial charge in [0.1, 0.15) is 0 Å². The Balaban J connectivity index is 1.81. The lowest BCUT2D eigenvalue weighted by molar-refractivity contribution is 0.286. The fourth-order valence-electron chi connectivity index (χ4n) is 2.82. The molecule has 1 aliphatic carbocycles. The molecule has 0 aromatic carbocycles. The summed E-state index contributed by atoms with van der Waals surface area (Å²) >= 11 is 0. The average Bonchev–Trinajstić information content (AvgIpc) is 2.79. The van der Waals surface area contributed by atoms with Gasteiger partial charge in [-0.2, -0.15) is 0 Å². The summed E-state index contributed by atoms with van der Waals surface area (Å²) in [5.41, 5.74) is 0. The molecule has 76 valence electrons. The van der Waals surface area contributed by atoms with Crippen LogP contribution < -0.4 is 5.32 Å². The monoisotopic (exact) mass is 181 g/mol. The molecule has 1 heteroatoms. The van der Waals surface area contributed by atoms with Gasteiger partial charge in [0.05, 0.1) is 0 Å². The maximum absolute atomic E-state index is 3.62. The zero-order chi connectivity index (χ0) is 9.26. The molecule has 1 saturated heterocycles. The highest BCUT2D eigenvalue weighted by molar-refractivity contribution is 4.87. The van der Waals surface area contributed by atoms with Crippen molar-refractivity contribution in [2.75, 3.05) is 6.54 Å². The fraction of sp³-hybridized carbons (Fsp3) is 1.00. The van der Waals surface area contributed by atoms with Crippen molar-refractivity contribution in [3.8, 4) is 0 Å². The van der Waals surface area contributed by atoms with Gasteiger partial charge in [-0.1, -0.05) is 13.8 Å². The van der Waals surface area contributed by atoms with E-state index in [-0.39, 0.29) is 0 Å².